The van der Waals surface area contributed by atoms with Crippen LogP contribution < -0.4 is 11.0 Å². The second-order valence-electron chi connectivity index (χ2n) is 2.90. The first-order valence-electron chi connectivity index (χ1n) is 4.13. The summed E-state index contributed by atoms with van der Waals surface area (Å²) in [6.45, 7) is 3.61. The third kappa shape index (κ3) is 1.04. The SMILES string of the molecule is CCc1nc(=O)[nH]c2c1CNC2. The average Bonchev–Trinajstić information content (AvgIpc) is 2.50. The van der Waals surface area contributed by atoms with Crippen molar-refractivity contribution >= 4 is 0 Å². The van der Waals surface area contributed by atoms with E-state index in [1.165, 1.54) is 5.56 Å². The van der Waals surface area contributed by atoms with E-state index in [0.717, 1.165) is 30.9 Å². The van der Waals surface area contributed by atoms with E-state index in [-0.39, 0.29) is 5.69 Å². The zero-order valence-electron chi connectivity index (χ0n) is 6.98. The Bertz CT molecular complexity index is 356. The van der Waals surface area contributed by atoms with E-state index in [1.807, 2.05) is 6.92 Å². The smallest absolute Gasteiger partial charge is 0.308 e. The molecular weight excluding hydrogens is 154 g/mol. The van der Waals surface area contributed by atoms with E-state index >= 15 is 0 Å². The van der Waals surface area contributed by atoms with Crippen LogP contribution in [-0.4, -0.2) is 9.97 Å². The fourth-order valence-corrected chi connectivity index (χ4v) is 1.56. The zero-order valence-corrected chi connectivity index (χ0v) is 6.98. The van der Waals surface area contributed by atoms with Gasteiger partial charge in [0, 0.05) is 24.3 Å². The molecule has 0 saturated heterocycles. The summed E-state index contributed by atoms with van der Waals surface area (Å²) in [5, 5.41) is 3.18. The highest BCUT2D eigenvalue weighted by Crippen LogP contribution is 2.13. The maximum atomic E-state index is 11.0. The van der Waals surface area contributed by atoms with E-state index in [4.69, 9.17) is 0 Å². The standard InChI is InChI=1S/C8H11N3O/c1-2-6-5-3-9-4-7(5)11-8(12)10-6/h9H,2-4H2,1H3,(H,10,11,12). The normalized spacial score (nSPS) is 14.8. The number of fused-ring (bicyclic) bond motifs is 1. The molecule has 1 aliphatic rings. The Morgan fingerprint density at radius 2 is 2.33 bits per heavy atom. The van der Waals surface area contributed by atoms with Crippen molar-refractivity contribution in [1.29, 1.82) is 0 Å². The first kappa shape index (κ1) is 7.49. The molecule has 0 aliphatic carbocycles. The first-order valence-corrected chi connectivity index (χ1v) is 4.13. The minimum Gasteiger partial charge on any atom is -0.308 e. The van der Waals surface area contributed by atoms with Gasteiger partial charge in [-0.1, -0.05) is 6.92 Å². The van der Waals surface area contributed by atoms with Gasteiger partial charge in [0.25, 0.3) is 0 Å². The molecule has 0 unspecified atom stereocenters. The van der Waals surface area contributed by atoms with E-state index < -0.39 is 0 Å². The van der Waals surface area contributed by atoms with Gasteiger partial charge in [0.05, 0.1) is 5.69 Å². The lowest BCUT2D eigenvalue weighted by Crippen LogP contribution is -2.16. The van der Waals surface area contributed by atoms with Crippen molar-refractivity contribution in [2.75, 3.05) is 0 Å². The summed E-state index contributed by atoms with van der Waals surface area (Å²) in [6.07, 6.45) is 0.827. The van der Waals surface area contributed by atoms with Gasteiger partial charge in [-0.2, -0.15) is 4.98 Å². The first-order chi connectivity index (χ1) is 5.81. The minimum atomic E-state index is -0.227. The third-order valence-corrected chi connectivity index (χ3v) is 2.15. The van der Waals surface area contributed by atoms with Gasteiger partial charge in [0.1, 0.15) is 0 Å². The van der Waals surface area contributed by atoms with Crippen molar-refractivity contribution in [2.24, 2.45) is 0 Å². The average molecular weight is 165 g/mol. The Kier molecular flexibility index (Phi) is 1.69. The van der Waals surface area contributed by atoms with Crippen molar-refractivity contribution in [3.8, 4) is 0 Å². The largest absolute Gasteiger partial charge is 0.345 e. The van der Waals surface area contributed by atoms with Gasteiger partial charge in [-0.25, -0.2) is 4.79 Å². The van der Waals surface area contributed by atoms with Crippen molar-refractivity contribution in [3.05, 3.63) is 27.4 Å². The summed E-state index contributed by atoms with van der Waals surface area (Å²) < 4.78 is 0. The van der Waals surface area contributed by atoms with Crippen LogP contribution in [0.2, 0.25) is 0 Å². The Morgan fingerprint density at radius 1 is 1.50 bits per heavy atom. The van der Waals surface area contributed by atoms with Crippen LogP contribution in [0.4, 0.5) is 0 Å². The van der Waals surface area contributed by atoms with Crippen LogP contribution in [0.3, 0.4) is 0 Å². The summed E-state index contributed by atoms with van der Waals surface area (Å²) in [4.78, 5) is 17.7. The monoisotopic (exact) mass is 165 g/mol. The van der Waals surface area contributed by atoms with Crippen molar-refractivity contribution in [2.45, 2.75) is 26.4 Å². The lowest BCUT2D eigenvalue weighted by atomic mass is 10.1. The fourth-order valence-electron chi connectivity index (χ4n) is 1.56. The molecule has 0 bridgehead atoms. The number of H-pyrrole nitrogens is 1. The van der Waals surface area contributed by atoms with Crippen LogP contribution in [0.5, 0.6) is 0 Å². The molecular formula is C8H11N3O. The van der Waals surface area contributed by atoms with Crippen molar-refractivity contribution in [1.82, 2.24) is 15.3 Å². The highest BCUT2D eigenvalue weighted by atomic mass is 16.1. The summed E-state index contributed by atoms with van der Waals surface area (Å²) in [6, 6.07) is 0. The van der Waals surface area contributed by atoms with E-state index in [9.17, 15) is 4.79 Å². The Labute approximate surface area is 70.0 Å². The molecule has 0 fully saturated rings. The van der Waals surface area contributed by atoms with Crippen LogP contribution in [0.1, 0.15) is 23.9 Å². The molecule has 2 rings (SSSR count). The predicted octanol–water partition coefficient (Wildman–Crippen LogP) is -0.0645. The maximum Gasteiger partial charge on any atom is 0.345 e. The van der Waals surface area contributed by atoms with Crippen LogP contribution in [0, 0.1) is 0 Å². The van der Waals surface area contributed by atoms with E-state index in [2.05, 4.69) is 15.3 Å². The van der Waals surface area contributed by atoms with Crippen LogP contribution in [-0.2, 0) is 19.5 Å². The summed E-state index contributed by atoms with van der Waals surface area (Å²) in [7, 11) is 0. The maximum absolute atomic E-state index is 11.0. The van der Waals surface area contributed by atoms with E-state index in [1.54, 1.807) is 0 Å². The van der Waals surface area contributed by atoms with E-state index in [0.29, 0.717) is 0 Å². The number of aromatic nitrogens is 2. The number of aryl methyl sites for hydroxylation is 1. The lowest BCUT2D eigenvalue weighted by Gasteiger charge is -2.01. The molecule has 0 radical (unpaired) electrons. The van der Waals surface area contributed by atoms with Gasteiger partial charge in [0.2, 0.25) is 0 Å². The van der Waals surface area contributed by atoms with Gasteiger partial charge in [-0.3, -0.25) is 0 Å². The Balaban J connectivity index is 2.62. The van der Waals surface area contributed by atoms with Gasteiger partial charge in [0.15, 0.2) is 0 Å². The molecule has 0 amide bonds. The molecule has 1 aromatic rings. The molecule has 12 heavy (non-hydrogen) atoms. The number of aromatic amines is 1. The van der Waals surface area contributed by atoms with Crippen LogP contribution >= 0.6 is 0 Å². The zero-order chi connectivity index (χ0) is 8.55. The van der Waals surface area contributed by atoms with Gasteiger partial charge < -0.3 is 10.3 Å². The number of nitrogens with one attached hydrogen (secondary N) is 2. The molecule has 0 spiro atoms. The summed E-state index contributed by atoms with van der Waals surface area (Å²) in [5.41, 5.74) is 2.89. The molecule has 0 atom stereocenters. The Morgan fingerprint density at radius 3 is 3.08 bits per heavy atom. The Hall–Kier alpha value is -1.16. The summed E-state index contributed by atoms with van der Waals surface area (Å²) in [5.74, 6) is 0. The summed E-state index contributed by atoms with van der Waals surface area (Å²) >= 11 is 0. The molecule has 0 saturated carbocycles. The predicted molar refractivity (Wildman–Crippen MR) is 44.8 cm³/mol. The van der Waals surface area contributed by atoms with Crippen LogP contribution in [0.25, 0.3) is 0 Å². The molecule has 4 heteroatoms. The number of hydrogen-bond acceptors (Lipinski definition) is 3. The second-order valence-corrected chi connectivity index (χ2v) is 2.90. The molecule has 2 heterocycles. The van der Waals surface area contributed by atoms with Gasteiger partial charge in [-0.15, -0.1) is 0 Å². The lowest BCUT2D eigenvalue weighted by molar-refractivity contribution is 0.755. The molecule has 1 aromatic heterocycles. The van der Waals surface area contributed by atoms with Crippen molar-refractivity contribution in [3.63, 3.8) is 0 Å². The van der Waals surface area contributed by atoms with Gasteiger partial charge >= 0.3 is 5.69 Å². The molecule has 0 aromatic carbocycles. The highest BCUT2D eigenvalue weighted by Gasteiger charge is 2.15. The van der Waals surface area contributed by atoms with Crippen LogP contribution in [0.15, 0.2) is 4.79 Å². The molecule has 64 valence electrons. The quantitative estimate of drug-likeness (QED) is 0.612. The number of rotatable bonds is 1. The fraction of sp³-hybridized carbons (Fsp3) is 0.500. The molecule has 4 nitrogen and oxygen atoms in total. The minimum absolute atomic E-state index is 0.227. The molecule has 1 aliphatic heterocycles. The van der Waals surface area contributed by atoms with Gasteiger partial charge in [-0.05, 0) is 6.42 Å². The third-order valence-electron chi connectivity index (χ3n) is 2.15. The molecule has 2 N–H and O–H groups in total. The second kappa shape index (κ2) is 2.71. The van der Waals surface area contributed by atoms with Crippen molar-refractivity contribution < 1.29 is 0 Å². The topological polar surface area (TPSA) is 57.8 Å². The number of nitrogens with zero attached hydrogens (tertiary/aromatic N) is 1. The highest BCUT2D eigenvalue weighted by molar-refractivity contribution is 5.27. The number of hydrogen-bond donors (Lipinski definition) is 2.